The topological polar surface area (TPSA) is 103 Å². The van der Waals surface area contributed by atoms with Crippen LogP contribution in [-0.2, 0) is 30.7 Å². The number of unbranched alkanes of at least 4 members (excludes halogenated alkanes) is 1. The van der Waals surface area contributed by atoms with Gasteiger partial charge in [0.15, 0.2) is 5.82 Å². The summed E-state index contributed by atoms with van der Waals surface area (Å²) in [5.41, 5.74) is 5.23. The van der Waals surface area contributed by atoms with E-state index in [-0.39, 0.29) is 62.4 Å². The van der Waals surface area contributed by atoms with Gasteiger partial charge in [-0.15, -0.1) is 0 Å². The molecule has 0 aliphatic carbocycles. The maximum absolute atomic E-state index is 13.8. The molecular formula is C30H36KN4O4. The van der Waals surface area contributed by atoms with Crippen LogP contribution in [-0.4, -0.2) is 78.2 Å². The summed E-state index contributed by atoms with van der Waals surface area (Å²) in [6, 6.07) is 15.8. The van der Waals surface area contributed by atoms with Crippen LogP contribution in [0.25, 0.3) is 22.5 Å². The largest absolute Gasteiger partial charge is 0.439 e. The molecule has 0 saturated carbocycles. The fourth-order valence-corrected chi connectivity index (χ4v) is 4.59. The monoisotopic (exact) mass is 555 g/mol. The van der Waals surface area contributed by atoms with Crippen LogP contribution in [0.3, 0.4) is 0 Å². The Labute approximate surface area is 271 Å². The van der Waals surface area contributed by atoms with Crippen molar-refractivity contribution >= 4 is 51.4 Å². The molecule has 4 rings (SSSR count). The first-order valence-electron chi connectivity index (χ1n) is 13.0. The van der Waals surface area contributed by atoms with Crippen molar-refractivity contribution in [1.29, 1.82) is 0 Å². The van der Waals surface area contributed by atoms with E-state index in [9.17, 15) is 9.59 Å². The Morgan fingerprint density at radius 1 is 1.03 bits per heavy atom. The molecular weight excluding hydrogens is 519 g/mol. The van der Waals surface area contributed by atoms with Crippen molar-refractivity contribution in [1.82, 2.24) is 19.7 Å². The van der Waals surface area contributed by atoms with E-state index in [1.165, 1.54) is 0 Å². The van der Waals surface area contributed by atoms with E-state index in [0.717, 1.165) is 52.8 Å². The van der Waals surface area contributed by atoms with Gasteiger partial charge < -0.3 is 4.74 Å². The van der Waals surface area contributed by atoms with Crippen LogP contribution in [0.2, 0.25) is 0 Å². The van der Waals surface area contributed by atoms with Crippen molar-refractivity contribution in [2.75, 3.05) is 7.11 Å². The van der Waals surface area contributed by atoms with Gasteiger partial charge in [0.1, 0.15) is 12.4 Å². The van der Waals surface area contributed by atoms with Crippen molar-refractivity contribution in [2.45, 2.75) is 66.5 Å². The van der Waals surface area contributed by atoms with Gasteiger partial charge in [-0.3, -0.25) is 18.9 Å². The fourth-order valence-electron chi connectivity index (χ4n) is 4.59. The van der Waals surface area contributed by atoms with E-state index in [1.807, 2.05) is 48.5 Å². The summed E-state index contributed by atoms with van der Waals surface area (Å²) in [7, 11) is 1.63. The molecule has 1 radical (unpaired) electrons. The number of nitrogens with zero attached hydrogens (tertiary/aromatic N) is 3. The van der Waals surface area contributed by atoms with Crippen LogP contribution in [0.15, 0.2) is 62.6 Å². The van der Waals surface area contributed by atoms with Gasteiger partial charge in [0, 0.05) is 82.6 Å². The zero-order valence-electron chi connectivity index (χ0n) is 23.8. The van der Waals surface area contributed by atoms with Crippen LogP contribution < -0.4 is 11.3 Å². The third kappa shape index (κ3) is 7.96. The molecule has 4 aromatic rings. The molecule has 0 saturated heterocycles. The van der Waals surface area contributed by atoms with Crippen molar-refractivity contribution in [3.05, 3.63) is 92.1 Å². The van der Waals surface area contributed by atoms with Crippen LogP contribution in [0, 0.1) is 5.41 Å². The molecule has 0 fully saturated rings. The minimum absolute atomic E-state index is 0. The number of aromatic nitrogens is 4. The molecule has 0 aliphatic heterocycles. The molecule has 0 atom stereocenters. The smallest absolute Gasteiger partial charge is 0.377 e. The molecule has 9 heteroatoms. The minimum atomic E-state index is -0.591. The van der Waals surface area contributed by atoms with E-state index in [1.54, 1.807) is 11.7 Å². The fraction of sp³-hybridized carbons (Fsp3) is 0.400. The molecule has 201 valence electrons. The second-order valence-corrected chi connectivity index (χ2v) is 10.8. The van der Waals surface area contributed by atoms with Crippen molar-refractivity contribution < 1.29 is 9.26 Å². The molecule has 2 aromatic carbocycles. The number of benzene rings is 2. The van der Waals surface area contributed by atoms with E-state index in [4.69, 9.17) is 14.2 Å². The van der Waals surface area contributed by atoms with Gasteiger partial charge in [-0.1, -0.05) is 87.8 Å². The van der Waals surface area contributed by atoms with E-state index >= 15 is 0 Å². The number of aryl methyl sites for hydroxylation is 1. The van der Waals surface area contributed by atoms with Crippen molar-refractivity contribution in [3.63, 3.8) is 0 Å². The Morgan fingerprint density at radius 2 is 1.72 bits per heavy atom. The molecule has 2 aromatic heterocycles. The first kappa shape index (κ1) is 31.4. The molecule has 39 heavy (non-hydrogen) atoms. The number of methoxy groups -OCH3 is 1. The molecule has 8 nitrogen and oxygen atoms in total. The first-order valence-corrected chi connectivity index (χ1v) is 13.0. The second-order valence-electron chi connectivity index (χ2n) is 10.8. The third-order valence-corrected chi connectivity index (χ3v) is 6.37. The SMILES string of the molecule is CCCCc1nc(COC)n(CC(C)(C)C)c(=O)c1Cc1ccc(-c2ccccc2-c2noc(=O)[nH]2)cc1.[K]. The van der Waals surface area contributed by atoms with Gasteiger partial charge >= 0.3 is 5.76 Å². The predicted molar refractivity (Wildman–Crippen MR) is 154 cm³/mol. The number of aromatic amines is 1. The Kier molecular flexibility index (Phi) is 11.2. The predicted octanol–water partition coefficient (Wildman–Crippen LogP) is 5.00. The molecule has 0 spiro atoms. The zero-order valence-corrected chi connectivity index (χ0v) is 27.0. The Balaban J connectivity index is 0.00000420. The summed E-state index contributed by atoms with van der Waals surface area (Å²) in [5, 5.41) is 3.85. The molecule has 1 N–H and O–H groups in total. The average Bonchev–Trinajstić information content (AvgIpc) is 3.33. The number of H-pyrrole nitrogens is 1. The average molecular weight is 556 g/mol. The third-order valence-electron chi connectivity index (χ3n) is 6.37. The van der Waals surface area contributed by atoms with Crippen molar-refractivity contribution in [2.24, 2.45) is 5.41 Å². The van der Waals surface area contributed by atoms with Gasteiger partial charge in [-0.25, -0.2) is 9.78 Å². The van der Waals surface area contributed by atoms with Crippen LogP contribution in [0.4, 0.5) is 0 Å². The maximum Gasteiger partial charge on any atom is 0.439 e. The summed E-state index contributed by atoms with van der Waals surface area (Å²) >= 11 is 0. The van der Waals surface area contributed by atoms with Gasteiger partial charge in [0.25, 0.3) is 5.56 Å². The Hall–Kier alpha value is -2.14. The van der Waals surface area contributed by atoms with Crippen LogP contribution in [0.5, 0.6) is 0 Å². The molecule has 0 bridgehead atoms. The summed E-state index contributed by atoms with van der Waals surface area (Å²) < 4.78 is 11.9. The number of nitrogens with one attached hydrogen (secondary N) is 1. The van der Waals surface area contributed by atoms with Gasteiger partial charge in [0.2, 0.25) is 0 Å². The van der Waals surface area contributed by atoms with E-state index in [2.05, 4.69) is 37.8 Å². The first-order chi connectivity index (χ1) is 18.2. The number of hydrogen-bond acceptors (Lipinski definition) is 6. The van der Waals surface area contributed by atoms with E-state index < -0.39 is 5.76 Å². The van der Waals surface area contributed by atoms with Gasteiger partial charge in [-0.05, 0) is 34.9 Å². The van der Waals surface area contributed by atoms with Gasteiger partial charge in [0.05, 0.1) is 5.69 Å². The van der Waals surface area contributed by atoms with E-state index in [0.29, 0.717) is 31.2 Å². The zero-order chi connectivity index (χ0) is 27.3. The second kappa shape index (κ2) is 14.0. The number of hydrogen-bond donors (Lipinski definition) is 1. The quantitative estimate of drug-likeness (QED) is 0.276. The van der Waals surface area contributed by atoms with Crippen LogP contribution >= 0.6 is 0 Å². The summed E-state index contributed by atoms with van der Waals surface area (Å²) in [5.74, 6) is 0.475. The minimum Gasteiger partial charge on any atom is -0.377 e. The van der Waals surface area contributed by atoms with Crippen molar-refractivity contribution in [3.8, 4) is 22.5 Å². The molecule has 0 unspecified atom stereocenters. The maximum atomic E-state index is 13.8. The van der Waals surface area contributed by atoms with Crippen LogP contribution in [0.1, 0.15) is 63.2 Å². The summed E-state index contributed by atoms with van der Waals surface area (Å²) in [6.07, 6.45) is 3.25. The Bertz CT molecular complexity index is 1500. The number of rotatable bonds is 10. The number of ether oxygens (including phenoxy) is 1. The Morgan fingerprint density at radius 3 is 2.31 bits per heavy atom. The summed E-state index contributed by atoms with van der Waals surface area (Å²) in [6.45, 7) is 9.36. The summed E-state index contributed by atoms with van der Waals surface area (Å²) in [4.78, 5) is 32.9. The standard InChI is InChI=1S/C30H36N4O4.K/c1-6-7-12-25-24(28(35)34(19-30(2,3)4)26(31-25)18-37-5)17-20-13-15-21(16-14-20)22-10-8-9-11-23(22)27-32-29(36)38-33-27;/h8-11,13-16H,6-7,12,17-19H2,1-5H3,(H,32,33,36);. The normalized spacial score (nSPS) is 11.4. The molecule has 2 heterocycles. The molecule has 0 aliphatic rings. The van der Waals surface area contributed by atoms with Gasteiger partial charge in [-0.2, -0.15) is 0 Å². The molecule has 0 amide bonds.